The zero-order chi connectivity index (χ0) is 26.1. The van der Waals surface area contributed by atoms with Gasteiger partial charge in [0.1, 0.15) is 5.60 Å². The van der Waals surface area contributed by atoms with Gasteiger partial charge in [0.15, 0.2) is 11.4 Å². The Morgan fingerprint density at radius 2 is 1.67 bits per heavy atom. The molecule has 1 saturated heterocycles. The lowest BCUT2D eigenvalue weighted by atomic mass is 9.80. The lowest BCUT2D eigenvalue weighted by Gasteiger charge is -2.46. The highest BCUT2D eigenvalue weighted by Crippen LogP contribution is 2.43. The van der Waals surface area contributed by atoms with Gasteiger partial charge in [-0.3, -0.25) is 0 Å². The van der Waals surface area contributed by atoms with Crippen molar-refractivity contribution in [1.29, 1.82) is 0 Å². The van der Waals surface area contributed by atoms with Crippen LogP contribution in [0.4, 0.5) is 4.79 Å². The maximum Gasteiger partial charge on any atom is 0.411 e. The number of carbonyl (C=O) groups excluding carboxylic acids is 1. The van der Waals surface area contributed by atoms with E-state index in [1.807, 2.05) is 54.6 Å². The Morgan fingerprint density at radius 1 is 1.06 bits per heavy atom. The predicted octanol–water partition coefficient (Wildman–Crippen LogP) is 5.95. The number of rotatable bonds is 7. The van der Waals surface area contributed by atoms with Crippen molar-refractivity contribution >= 4 is 6.09 Å². The van der Waals surface area contributed by atoms with E-state index < -0.39 is 11.2 Å². The first kappa shape index (κ1) is 25.7. The molecular formula is C30H36N2O4. The van der Waals surface area contributed by atoms with Gasteiger partial charge < -0.3 is 20.0 Å². The third kappa shape index (κ3) is 5.24. The van der Waals surface area contributed by atoms with Crippen LogP contribution in [0.3, 0.4) is 0 Å². The Labute approximate surface area is 213 Å². The molecule has 0 aliphatic carbocycles. The maximum atomic E-state index is 13.4. The molecule has 0 unspecified atom stereocenters. The van der Waals surface area contributed by atoms with Crippen molar-refractivity contribution in [2.75, 3.05) is 6.54 Å². The summed E-state index contributed by atoms with van der Waals surface area (Å²) in [6.45, 7) is 9.71. The van der Waals surface area contributed by atoms with Crippen molar-refractivity contribution in [2.45, 2.75) is 71.1 Å². The molecule has 1 aliphatic rings. The van der Waals surface area contributed by atoms with Gasteiger partial charge in [-0.15, -0.1) is 0 Å². The Balaban J connectivity index is 1.58. The van der Waals surface area contributed by atoms with Gasteiger partial charge in [-0.2, -0.15) is 4.73 Å². The molecule has 190 valence electrons. The van der Waals surface area contributed by atoms with E-state index in [1.165, 1.54) is 0 Å². The van der Waals surface area contributed by atoms with Gasteiger partial charge in [0.2, 0.25) is 0 Å². The molecule has 6 nitrogen and oxygen atoms in total. The summed E-state index contributed by atoms with van der Waals surface area (Å²) in [6, 6.07) is 21.6. The number of ether oxygens (including phenoxy) is 1. The van der Waals surface area contributed by atoms with Crippen molar-refractivity contribution in [2.24, 2.45) is 0 Å². The minimum Gasteiger partial charge on any atom is -0.618 e. The summed E-state index contributed by atoms with van der Waals surface area (Å²) in [6.07, 6.45) is 1.31. The van der Waals surface area contributed by atoms with E-state index in [4.69, 9.17) is 4.74 Å². The number of pyridine rings is 1. The lowest BCUT2D eigenvalue weighted by Crippen LogP contribution is -2.51. The normalized spacial score (nSPS) is 19.2. The van der Waals surface area contributed by atoms with E-state index in [0.29, 0.717) is 30.8 Å². The van der Waals surface area contributed by atoms with Gasteiger partial charge in [-0.25, -0.2) is 4.79 Å². The van der Waals surface area contributed by atoms with Crippen molar-refractivity contribution in [1.82, 2.24) is 4.90 Å². The molecule has 2 heterocycles. The number of hydrogen-bond acceptors (Lipinski definition) is 4. The Bertz CT molecular complexity index is 1190. The number of hydrogen-bond donors (Lipinski definition) is 1. The van der Waals surface area contributed by atoms with E-state index in [0.717, 1.165) is 33.4 Å². The highest BCUT2D eigenvalue weighted by molar-refractivity contribution is 5.70. The van der Waals surface area contributed by atoms with Crippen LogP contribution >= 0.6 is 0 Å². The summed E-state index contributed by atoms with van der Waals surface area (Å²) < 4.78 is 7.11. The van der Waals surface area contributed by atoms with Gasteiger partial charge in [-0.05, 0) is 42.5 Å². The van der Waals surface area contributed by atoms with Crippen LogP contribution in [0.15, 0.2) is 66.7 Å². The molecule has 2 aromatic carbocycles. The quantitative estimate of drug-likeness (QED) is 0.329. The SMILES string of the molecule is CC[C@@H](c1ccc(-c2cc(C)[n+]([O-])c(C)c2)cc1)N1CC[C@](CC(C)(C)O)(c2ccccc2)OC1=O. The topological polar surface area (TPSA) is 76.7 Å². The van der Waals surface area contributed by atoms with Gasteiger partial charge in [0.05, 0.1) is 11.6 Å². The highest BCUT2D eigenvalue weighted by Gasteiger charge is 2.46. The molecule has 1 aliphatic heterocycles. The minimum absolute atomic E-state index is 0.120. The lowest BCUT2D eigenvalue weighted by molar-refractivity contribution is -0.619. The predicted molar refractivity (Wildman–Crippen MR) is 140 cm³/mol. The van der Waals surface area contributed by atoms with Crippen LogP contribution in [0.25, 0.3) is 11.1 Å². The van der Waals surface area contributed by atoms with Crippen LogP contribution in [0.2, 0.25) is 0 Å². The average molecular weight is 489 g/mol. The number of benzene rings is 2. The molecule has 0 radical (unpaired) electrons. The van der Waals surface area contributed by atoms with E-state index in [9.17, 15) is 15.1 Å². The number of amides is 1. The number of cyclic esters (lactones) is 1. The second-order valence-electron chi connectivity index (χ2n) is 10.5. The van der Waals surface area contributed by atoms with E-state index in [-0.39, 0.29) is 12.1 Å². The smallest absolute Gasteiger partial charge is 0.411 e. The molecule has 0 saturated carbocycles. The number of carbonyl (C=O) groups is 1. The Kier molecular flexibility index (Phi) is 7.10. The van der Waals surface area contributed by atoms with E-state index >= 15 is 0 Å². The molecule has 2 atom stereocenters. The van der Waals surface area contributed by atoms with E-state index in [1.54, 1.807) is 32.6 Å². The van der Waals surface area contributed by atoms with Crippen LogP contribution in [-0.2, 0) is 10.3 Å². The van der Waals surface area contributed by atoms with Crippen LogP contribution in [0.1, 0.15) is 68.6 Å². The van der Waals surface area contributed by atoms with Crippen molar-refractivity contribution in [3.63, 3.8) is 0 Å². The standard InChI is InChI=1S/C30H36N2O4/c1-6-27(24-14-12-23(13-15-24)25-18-21(2)32(35)22(3)19-25)31-17-16-30(36-28(31)33,20-29(4,5)34)26-10-8-7-9-11-26/h7-15,18-19,27,34H,6,16-17,20H2,1-5H3/t27-,30-/m0/s1. The summed E-state index contributed by atoms with van der Waals surface area (Å²) in [7, 11) is 0. The molecule has 1 amide bonds. The van der Waals surface area contributed by atoms with Crippen molar-refractivity contribution in [3.05, 3.63) is 94.5 Å². The fourth-order valence-electron chi connectivity index (χ4n) is 5.41. The molecule has 1 fully saturated rings. The first-order valence-corrected chi connectivity index (χ1v) is 12.6. The summed E-state index contributed by atoms with van der Waals surface area (Å²) in [4.78, 5) is 15.2. The van der Waals surface area contributed by atoms with Crippen molar-refractivity contribution in [3.8, 4) is 11.1 Å². The third-order valence-electron chi connectivity index (χ3n) is 7.05. The van der Waals surface area contributed by atoms with E-state index in [2.05, 4.69) is 19.1 Å². The molecule has 36 heavy (non-hydrogen) atoms. The van der Waals surface area contributed by atoms with Crippen LogP contribution in [0, 0.1) is 19.1 Å². The zero-order valence-electron chi connectivity index (χ0n) is 21.8. The fraction of sp³-hybridized carbons (Fsp3) is 0.400. The first-order chi connectivity index (χ1) is 17.0. The molecule has 1 aromatic heterocycles. The monoisotopic (exact) mass is 488 g/mol. The van der Waals surface area contributed by atoms with Gasteiger partial charge in [0, 0.05) is 45.4 Å². The summed E-state index contributed by atoms with van der Waals surface area (Å²) in [5.41, 5.74) is 3.42. The molecule has 0 bridgehead atoms. The molecule has 6 heteroatoms. The molecular weight excluding hydrogens is 452 g/mol. The third-order valence-corrected chi connectivity index (χ3v) is 7.05. The number of nitrogens with zero attached hydrogens (tertiary/aromatic N) is 2. The number of aromatic nitrogens is 1. The first-order valence-electron chi connectivity index (χ1n) is 12.6. The molecule has 0 spiro atoms. The van der Waals surface area contributed by atoms with Crippen LogP contribution in [-0.4, -0.2) is 28.2 Å². The maximum absolute atomic E-state index is 13.4. The largest absolute Gasteiger partial charge is 0.618 e. The van der Waals surface area contributed by atoms with Gasteiger partial charge in [0.25, 0.3) is 0 Å². The summed E-state index contributed by atoms with van der Waals surface area (Å²) in [5, 5.41) is 22.6. The summed E-state index contributed by atoms with van der Waals surface area (Å²) >= 11 is 0. The zero-order valence-corrected chi connectivity index (χ0v) is 21.8. The van der Waals surface area contributed by atoms with Crippen LogP contribution < -0.4 is 4.73 Å². The van der Waals surface area contributed by atoms with Crippen LogP contribution in [0.5, 0.6) is 0 Å². The fourth-order valence-corrected chi connectivity index (χ4v) is 5.41. The second-order valence-corrected chi connectivity index (χ2v) is 10.5. The average Bonchev–Trinajstić information content (AvgIpc) is 2.84. The molecule has 4 rings (SSSR count). The Morgan fingerprint density at radius 3 is 2.19 bits per heavy atom. The second kappa shape index (κ2) is 9.94. The molecule has 3 aromatic rings. The highest BCUT2D eigenvalue weighted by atomic mass is 16.6. The number of aryl methyl sites for hydroxylation is 2. The van der Waals surface area contributed by atoms with Gasteiger partial charge in [-0.1, -0.05) is 61.5 Å². The van der Waals surface area contributed by atoms with Crippen molar-refractivity contribution < 1.29 is 19.4 Å². The summed E-state index contributed by atoms with van der Waals surface area (Å²) in [5.74, 6) is 0. The number of aliphatic hydroxyl groups is 1. The minimum atomic E-state index is -0.988. The van der Waals surface area contributed by atoms with Gasteiger partial charge >= 0.3 is 6.09 Å². The molecule has 1 N–H and O–H groups in total. The Hall–Kier alpha value is -3.38.